The molecule has 2 bridgehead atoms. The molecule has 8 heterocycles. The number of nitrogens with zero attached hydrogens (tertiary/aromatic N) is 7. The van der Waals surface area contributed by atoms with Crippen LogP contribution >= 0.6 is 11.6 Å². The zero-order valence-corrected chi connectivity index (χ0v) is 40.7. The minimum atomic E-state index is -1.04. The molecule has 3 aromatic carbocycles. The van der Waals surface area contributed by atoms with Crippen LogP contribution in [0.3, 0.4) is 0 Å². The van der Waals surface area contributed by atoms with Gasteiger partial charge in [-0.1, -0.05) is 41.9 Å². The van der Waals surface area contributed by atoms with Crippen molar-refractivity contribution in [1.29, 1.82) is 0 Å². The van der Waals surface area contributed by atoms with Gasteiger partial charge >= 0.3 is 6.01 Å². The fourth-order valence-corrected chi connectivity index (χ4v) is 11.7. The van der Waals surface area contributed by atoms with Gasteiger partial charge in [0.2, 0.25) is 17.7 Å². The monoisotopic (exact) mass is 1000 g/mol. The lowest BCUT2D eigenvalue weighted by molar-refractivity contribution is -0.136. The highest BCUT2D eigenvalue weighted by molar-refractivity contribution is 6.36. The third-order valence-electron chi connectivity index (χ3n) is 15.2. The quantitative estimate of drug-likeness (QED) is 0.0987. The molecule has 11 rings (SSSR count). The summed E-state index contributed by atoms with van der Waals surface area (Å²) in [5.74, 6) is -1.92. The van der Waals surface area contributed by atoms with E-state index < -0.39 is 35.5 Å². The number of hydrogen-bond donors (Lipinski definition) is 3. The third kappa shape index (κ3) is 9.43. The van der Waals surface area contributed by atoms with Crippen molar-refractivity contribution in [2.45, 2.75) is 75.2 Å². The van der Waals surface area contributed by atoms with Crippen molar-refractivity contribution < 1.29 is 42.6 Å². The molecule has 18 nitrogen and oxygen atoms in total. The number of ether oxygens (including phenoxy) is 3. The molecule has 376 valence electrons. The topological polar surface area (TPSA) is 201 Å². The van der Waals surface area contributed by atoms with Crippen LogP contribution in [0.25, 0.3) is 32.9 Å². The van der Waals surface area contributed by atoms with Gasteiger partial charge in [-0.3, -0.25) is 49.0 Å². The summed E-state index contributed by atoms with van der Waals surface area (Å²) < 4.78 is 34.9. The van der Waals surface area contributed by atoms with Crippen molar-refractivity contribution >= 4 is 68.6 Å². The second kappa shape index (κ2) is 20.3. The molecule has 6 aliphatic heterocycles. The van der Waals surface area contributed by atoms with Gasteiger partial charge in [0, 0.05) is 84.9 Å². The summed E-state index contributed by atoms with van der Waals surface area (Å²) in [6.45, 7) is 5.33. The van der Waals surface area contributed by atoms with Gasteiger partial charge < -0.3 is 29.7 Å². The van der Waals surface area contributed by atoms with Gasteiger partial charge in [-0.15, -0.1) is 0 Å². The van der Waals surface area contributed by atoms with Crippen LogP contribution in [0.2, 0.25) is 5.02 Å². The second-order valence-electron chi connectivity index (χ2n) is 19.7. The van der Waals surface area contributed by atoms with E-state index in [9.17, 15) is 24.0 Å². The van der Waals surface area contributed by atoms with Crippen molar-refractivity contribution in [2.24, 2.45) is 5.92 Å². The zero-order valence-electron chi connectivity index (χ0n) is 39.9. The normalized spacial score (nSPS) is 23.8. The molecular weight excluding hydrogens is 947 g/mol. The zero-order chi connectivity index (χ0) is 49.6. The number of halogens is 2. The Hall–Kier alpha value is -6.38. The predicted molar refractivity (Wildman–Crippen MR) is 264 cm³/mol. The van der Waals surface area contributed by atoms with Gasteiger partial charge in [0.1, 0.15) is 42.0 Å². The number of benzene rings is 3. The third-order valence-corrected chi connectivity index (χ3v) is 15.5. The van der Waals surface area contributed by atoms with E-state index in [1.165, 1.54) is 12.1 Å². The van der Waals surface area contributed by atoms with E-state index in [2.05, 4.69) is 42.7 Å². The Balaban J connectivity index is 0.647. The minimum absolute atomic E-state index is 0.0106. The molecule has 0 spiro atoms. The molecular formula is C52H56ClFN10O8. The lowest BCUT2D eigenvalue weighted by atomic mass is 9.94. The average molecular weight is 1000 g/mol. The summed E-state index contributed by atoms with van der Waals surface area (Å²) in [7, 11) is 2.09. The van der Waals surface area contributed by atoms with Crippen LogP contribution < -0.4 is 30.3 Å². The number of likely N-dealkylation sites (N-methyl/N-ethyl adjacent to an activating group) is 1. The van der Waals surface area contributed by atoms with Crippen LogP contribution in [0.1, 0.15) is 65.7 Å². The number of anilines is 1. The van der Waals surface area contributed by atoms with Crippen molar-refractivity contribution in [3.05, 3.63) is 82.8 Å². The standard InChI is InChI=1S/C52H56ClFN10O8/c1-61-27-33(62-17-14-30(15-18-62)48(66)55-16-19-70-20-21-71-35-10-11-36-38(23-35)51(69)64(50(36)68)41-12-13-42(65)58-49(41)67)22-34(61)28-72-52-59-46-39(47(60-52)63-25-31-8-9-32(26-63)57-31)24-56-45(44(46)54)37-6-2-4-29-5-3-7-40(53)43(29)37/h2-7,10-11,23-24,30-34,41,57H,8-9,12-22,25-28H2,1H3,(H,55,66)(H,58,65,67)/t31?,32?,33-,34-,41?/m0/s1. The minimum Gasteiger partial charge on any atom is -0.491 e. The Morgan fingerprint density at radius 2 is 1.65 bits per heavy atom. The van der Waals surface area contributed by atoms with E-state index in [-0.39, 0.29) is 72.3 Å². The molecule has 20 heteroatoms. The number of nitrogens with one attached hydrogen (secondary N) is 3. The number of amides is 5. The summed E-state index contributed by atoms with van der Waals surface area (Å²) in [6, 6.07) is 16.0. The van der Waals surface area contributed by atoms with E-state index in [1.54, 1.807) is 18.3 Å². The Kier molecular flexibility index (Phi) is 13.5. The molecule has 3 N–H and O–H groups in total. The Bertz CT molecular complexity index is 2960. The number of hydrogen-bond acceptors (Lipinski definition) is 15. The molecule has 3 unspecified atom stereocenters. The molecule has 5 atom stereocenters. The smallest absolute Gasteiger partial charge is 0.319 e. The first kappa shape index (κ1) is 47.9. The van der Waals surface area contributed by atoms with Crippen molar-refractivity contribution in [3.63, 3.8) is 0 Å². The molecule has 6 aliphatic rings. The number of rotatable bonds is 15. The molecule has 5 fully saturated rings. The summed E-state index contributed by atoms with van der Waals surface area (Å²) in [5.41, 5.74) is 1.24. The van der Waals surface area contributed by atoms with Gasteiger partial charge in [0.25, 0.3) is 11.8 Å². The fourth-order valence-electron chi connectivity index (χ4n) is 11.4. The Morgan fingerprint density at radius 1 is 0.875 bits per heavy atom. The fraction of sp³-hybridized carbons (Fsp3) is 0.462. The van der Waals surface area contributed by atoms with Crippen molar-refractivity contribution in [2.75, 3.05) is 77.6 Å². The van der Waals surface area contributed by atoms with Crippen LogP contribution in [0.4, 0.5) is 10.2 Å². The lowest BCUT2D eigenvalue weighted by Crippen LogP contribution is -2.54. The lowest BCUT2D eigenvalue weighted by Gasteiger charge is -2.35. The number of fused-ring (bicyclic) bond motifs is 5. The molecule has 0 radical (unpaired) electrons. The molecule has 5 saturated heterocycles. The number of piperidine rings is 2. The van der Waals surface area contributed by atoms with Gasteiger partial charge in [-0.25, -0.2) is 4.39 Å². The molecule has 0 aliphatic carbocycles. The molecule has 0 saturated carbocycles. The molecule has 2 aromatic heterocycles. The number of carbonyl (C=O) groups is 5. The second-order valence-corrected chi connectivity index (χ2v) is 20.1. The van der Waals surface area contributed by atoms with Crippen LogP contribution in [0, 0.1) is 11.7 Å². The van der Waals surface area contributed by atoms with E-state index in [4.69, 9.17) is 35.8 Å². The van der Waals surface area contributed by atoms with Crippen molar-refractivity contribution in [3.8, 4) is 23.0 Å². The highest BCUT2D eigenvalue weighted by atomic mass is 35.5. The Labute approximate surface area is 419 Å². The summed E-state index contributed by atoms with van der Waals surface area (Å²) in [6.07, 6.45) is 6.33. The highest BCUT2D eigenvalue weighted by Gasteiger charge is 2.45. The first-order chi connectivity index (χ1) is 35.0. The first-order valence-corrected chi connectivity index (χ1v) is 25.3. The van der Waals surface area contributed by atoms with Crippen LogP contribution in [-0.2, 0) is 19.1 Å². The number of aromatic nitrogens is 3. The van der Waals surface area contributed by atoms with Crippen LogP contribution in [-0.4, -0.2) is 162 Å². The van der Waals surface area contributed by atoms with Gasteiger partial charge in [-0.2, -0.15) is 9.97 Å². The van der Waals surface area contributed by atoms with E-state index >= 15 is 4.39 Å². The number of piperazine rings is 1. The number of imide groups is 2. The maximum atomic E-state index is 17.0. The number of pyridine rings is 1. The maximum absolute atomic E-state index is 17.0. The molecule has 5 aromatic rings. The van der Waals surface area contributed by atoms with Crippen LogP contribution in [0.5, 0.6) is 11.8 Å². The van der Waals surface area contributed by atoms with Crippen molar-refractivity contribution in [1.82, 2.24) is 45.6 Å². The SMILES string of the molecule is CN1C[C@@H](N2CCC(C(=O)NCCOCCOc3ccc4c(c3)C(=O)N(C3CCC(=O)NC3=O)C4=O)CC2)C[C@H]1COc1nc(N2CC3CCC(C2)N3)c2cnc(-c3cccc4cccc(Cl)c34)c(F)c2n1. The summed E-state index contributed by atoms with van der Waals surface area (Å²) >= 11 is 6.68. The predicted octanol–water partition coefficient (Wildman–Crippen LogP) is 4.35. The van der Waals surface area contributed by atoms with E-state index in [1.807, 2.05) is 30.3 Å². The first-order valence-electron chi connectivity index (χ1n) is 24.9. The van der Waals surface area contributed by atoms with Gasteiger partial charge in [0.15, 0.2) is 5.82 Å². The largest absolute Gasteiger partial charge is 0.491 e. The van der Waals surface area contributed by atoms with E-state index in [0.717, 1.165) is 80.5 Å². The molecule has 5 amide bonds. The summed E-state index contributed by atoms with van der Waals surface area (Å²) in [5, 5.41) is 11.6. The Morgan fingerprint density at radius 3 is 2.44 bits per heavy atom. The molecule has 72 heavy (non-hydrogen) atoms. The van der Waals surface area contributed by atoms with Crippen LogP contribution in [0.15, 0.2) is 60.8 Å². The highest BCUT2D eigenvalue weighted by Crippen LogP contribution is 2.39. The maximum Gasteiger partial charge on any atom is 0.319 e. The number of carbonyl (C=O) groups excluding carboxylic acids is 5. The van der Waals surface area contributed by atoms with E-state index in [0.29, 0.717) is 65.4 Å². The average Bonchev–Trinajstić information content (AvgIpc) is 4.01. The summed E-state index contributed by atoms with van der Waals surface area (Å²) in [4.78, 5) is 85.5. The van der Waals surface area contributed by atoms with Gasteiger partial charge in [-0.05, 0) is 88.3 Å². The van der Waals surface area contributed by atoms with Gasteiger partial charge in [0.05, 0.1) is 29.7 Å². The number of likely N-dealkylation sites (tertiary alicyclic amines) is 2.